The molecule has 0 spiro atoms. The average molecular weight is 359 g/mol. The highest BCUT2D eigenvalue weighted by Gasteiger charge is 2.51. The second-order valence-electron chi connectivity index (χ2n) is 6.56. The summed E-state index contributed by atoms with van der Waals surface area (Å²) >= 11 is 0. The van der Waals surface area contributed by atoms with Crippen LogP contribution in [-0.4, -0.2) is 40.8 Å². The number of amides is 1. The summed E-state index contributed by atoms with van der Waals surface area (Å²) in [5.41, 5.74) is -0.299. The Morgan fingerprint density at radius 1 is 1.20 bits per heavy atom. The van der Waals surface area contributed by atoms with E-state index in [-0.39, 0.29) is 6.61 Å². The molecule has 0 fully saturated rings. The Labute approximate surface area is 145 Å². The van der Waals surface area contributed by atoms with Gasteiger partial charge in [-0.1, -0.05) is 30.3 Å². The highest BCUT2D eigenvalue weighted by Crippen LogP contribution is 2.24. The number of hydrogen-bond donors (Lipinski definition) is 2. The largest absolute Gasteiger partial charge is 0.456 e. The third-order valence-electron chi connectivity index (χ3n) is 3.07. The van der Waals surface area contributed by atoms with Crippen molar-refractivity contribution in [1.29, 1.82) is 0 Å². The van der Waals surface area contributed by atoms with Crippen LogP contribution in [0, 0.1) is 0 Å². The molecular weight excluding hydrogens is 336 g/mol. The summed E-state index contributed by atoms with van der Waals surface area (Å²) in [6.07, 6.45) is -3.45. The van der Waals surface area contributed by atoms with Crippen molar-refractivity contribution in [3.05, 3.63) is 35.9 Å². The lowest BCUT2D eigenvalue weighted by atomic mass is 10.1. The first-order valence-electron chi connectivity index (χ1n) is 7.70. The summed E-state index contributed by atoms with van der Waals surface area (Å²) in [5, 5.41) is 11.8. The molecule has 2 unspecified atom stereocenters. The first kappa shape index (κ1) is 20.8. The van der Waals surface area contributed by atoms with E-state index in [1.54, 1.807) is 51.1 Å². The van der Waals surface area contributed by atoms with Gasteiger partial charge in [-0.15, -0.1) is 0 Å². The van der Waals surface area contributed by atoms with Gasteiger partial charge in [0.1, 0.15) is 18.3 Å². The third-order valence-corrected chi connectivity index (χ3v) is 3.07. The molecule has 8 heteroatoms. The van der Waals surface area contributed by atoms with Gasteiger partial charge < -0.3 is 19.9 Å². The molecule has 0 heterocycles. The lowest BCUT2D eigenvalue weighted by molar-refractivity contribution is -0.192. The molecular formula is C17H23F2NO5. The van der Waals surface area contributed by atoms with Gasteiger partial charge in [-0.25, -0.2) is 9.59 Å². The summed E-state index contributed by atoms with van der Waals surface area (Å²) in [5.74, 6) is -6.06. The van der Waals surface area contributed by atoms with Crippen LogP contribution in [0.25, 0.3) is 0 Å². The highest BCUT2D eigenvalue weighted by molar-refractivity contribution is 5.78. The maximum atomic E-state index is 14.0. The van der Waals surface area contributed by atoms with Gasteiger partial charge in [0.2, 0.25) is 0 Å². The molecule has 1 aromatic carbocycles. The van der Waals surface area contributed by atoms with Gasteiger partial charge in [0.25, 0.3) is 0 Å². The van der Waals surface area contributed by atoms with Crippen molar-refractivity contribution in [3.63, 3.8) is 0 Å². The second-order valence-corrected chi connectivity index (χ2v) is 6.56. The Bertz CT molecular complexity index is 586. The summed E-state index contributed by atoms with van der Waals surface area (Å²) in [4.78, 5) is 23.2. The van der Waals surface area contributed by atoms with Crippen molar-refractivity contribution in [2.45, 2.75) is 58.0 Å². The minimum absolute atomic E-state index is 0.351. The quantitative estimate of drug-likeness (QED) is 0.763. The Morgan fingerprint density at radius 2 is 1.76 bits per heavy atom. The number of carbonyl (C=O) groups excluding carboxylic acids is 2. The van der Waals surface area contributed by atoms with E-state index in [4.69, 9.17) is 4.74 Å². The van der Waals surface area contributed by atoms with Crippen LogP contribution in [0.2, 0.25) is 0 Å². The monoisotopic (exact) mass is 359 g/mol. The predicted molar refractivity (Wildman–Crippen MR) is 86.0 cm³/mol. The maximum Gasteiger partial charge on any atom is 0.407 e. The fraction of sp³-hybridized carbons (Fsp3) is 0.529. The van der Waals surface area contributed by atoms with Gasteiger partial charge in [0.05, 0.1) is 6.04 Å². The number of benzene rings is 1. The van der Waals surface area contributed by atoms with Crippen LogP contribution in [0.15, 0.2) is 30.3 Å². The number of alkyl halides is 2. The molecule has 0 saturated heterocycles. The van der Waals surface area contributed by atoms with E-state index >= 15 is 0 Å². The third kappa shape index (κ3) is 6.66. The standard InChI is InChI=1S/C17H23F2NO5/c1-11(20-15(23)25-16(2,3)4)13(21)17(18,19)14(22)24-10-12-8-6-5-7-9-12/h5-9,11,13,21H,10H2,1-4H3,(H,20,23). The van der Waals surface area contributed by atoms with E-state index in [0.717, 1.165) is 6.92 Å². The number of ether oxygens (including phenoxy) is 2. The summed E-state index contributed by atoms with van der Waals surface area (Å²) in [7, 11) is 0. The zero-order valence-electron chi connectivity index (χ0n) is 14.6. The lowest BCUT2D eigenvalue weighted by Gasteiger charge is -2.27. The smallest absolute Gasteiger partial charge is 0.407 e. The molecule has 6 nitrogen and oxygen atoms in total. The first-order valence-corrected chi connectivity index (χ1v) is 7.70. The lowest BCUT2D eigenvalue weighted by Crippen LogP contribution is -2.54. The fourth-order valence-corrected chi connectivity index (χ4v) is 1.83. The van der Waals surface area contributed by atoms with Crippen LogP contribution < -0.4 is 5.32 Å². The van der Waals surface area contributed by atoms with E-state index in [1.165, 1.54) is 0 Å². The normalized spacial score (nSPS) is 14.4. The molecule has 0 aliphatic heterocycles. The van der Waals surface area contributed by atoms with Gasteiger partial charge in [-0.3, -0.25) is 0 Å². The van der Waals surface area contributed by atoms with Crippen molar-refractivity contribution in [2.24, 2.45) is 0 Å². The molecule has 1 amide bonds. The van der Waals surface area contributed by atoms with Crippen LogP contribution in [0.3, 0.4) is 0 Å². The van der Waals surface area contributed by atoms with E-state index < -0.39 is 35.7 Å². The van der Waals surface area contributed by atoms with Crippen molar-refractivity contribution >= 4 is 12.1 Å². The molecule has 1 rings (SSSR count). The van der Waals surface area contributed by atoms with Crippen molar-refractivity contribution in [2.75, 3.05) is 0 Å². The Morgan fingerprint density at radius 3 is 2.28 bits per heavy atom. The number of hydrogen-bond acceptors (Lipinski definition) is 5. The topological polar surface area (TPSA) is 84.9 Å². The average Bonchev–Trinajstić information content (AvgIpc) is 2.50. The first-order chi connectivity index (χ1) is 11.4. The second kappa shape index (κ2) is 8.24. The van der Waals surface area contributed by atoms with Crippen LogP contribution in [0.1, 0.15) is 33.3 Å². The van der Waals surface area contributed by atoms with Crippen molar-refractivity contribution in [1.82, 2.24) is 5.32 Å². The molecule has 0 aromatic heterocycles. The molecule has 0 radical (unpaired) electrons. The highest BCUT2D eigenvalue weighted by atomic mass is 19.3. The molecule has 1 aromatic rings. The number of esters is 1. The van der Waals surface area contributed by atoms with Gasteiger partial charge in [-0.2, -0.15) is 8.78 Å². The molecule has 0 bridgehead atoms. The van der Waals surface area contributed by atoms with Crippen molar-refractivity contribution < 1.29 is 33.0 Å². The molecule has 140 valence electrons. The Balaban J connectivity index is 2.62. The molecule has 2 atom stereocenters. The zero-order valence-corrected chi connectivity index (χ0v) is 14.6. The summed E-state index contributed by atoms with van der Waals surface area (Å²) in [6, 6.07) is 6.84. The number of aliphatic hydroxyl groups excluding tert-OH is 1. The molecule has 0 aliphatic rings. The number of aliphatic hydroxyl groups is 1. The molecule has 25 heavy (non-hydrogen) atoms. The van der Waals surface area contributed by atoms with E-state index in [1.807, 2.05) is 0 Å². The van der Waals surface area contributed by atoms with E-state index in [9.17, 15) is 23.5 Å². The number of alkyl carbamates (subject to hydrolysis) is 1. The number of rotatable bonds is 6. The zero-order chi connectivity index (χ0) is 19.3. The Hall–Kier alpha value is -2.22. The van der Waals surface area contributed by atoms with Crippen LogP contribution in [0.4, 0.5) is 13.6 Å². The number of halogens is 2. The van der Waals surface area contributed by atoms with Gasteiger partial charge in [0, 0.05) is 0 Å². The van der Waals surface area contributed by atoms with Gasteiger partial charge in [-0.05, 0) is 33.3 Å². The Kier molecular flexibility index (Phi) is 6.87. The summed E-state index contributed by atoms with van der Waals surface area (Å²) in [6.45, 7) is 5.58. The maximum absolute atomic E-state index is 14.0. The molecule has 2 N–H and O–H groups in total. The molecule has 0 aliphatic carbocycles. The molecule has 0 saturated carbocycles. The van der Waals surface area contributed by atoms with Crippen LogP contribution in [0.5, 0.6) is 0 Å². The van der Waals surface area contributed by atoms with Gasteiger partial charge >= 0.3 is 18.0 Å². The number of nitrogens with one attached hydrogen (secondary N) is 1. The SMILES string of the molecule is CC(NC(=O)OC(C)(C)C)C(O)C(F)(F)C(=O)OCc1ccccc1. The van der Waals surface area contributed by atoms with Crippen LogP contribution >= 0.6 is 0 Å². The van der Waals surface area contributed by atoms with Gasteiger partial charge in [0.15, 0.2) is 0 Å². The van der Waals surface area contributed by atoms with Crippen LogP contribution in [-0.2, 0) is 20.9 Å². The minimum Gasteiger partial charge on any atom is -0.456 e. The predicted octanol–water partition coefficient (Wildman–Crippen LogP) is 2.64. The summed E-state index contributed by atoms with van der Waals surface area (Å²) < 4.78 is 37.5. The van der Waals surface area contributed by atoms with E-state index in [0.29, 0.717) is 5.56 Å². The van der Waals surface area contributed by atoms with E-state index in [2.05, 4.69) is 10.1 Å². The minimum atomic E-state index is -4.19. The fourth-order valence-electron chi connectivity index (χ4n) is 1.83. The number of carbonyl (C=O) groups is 2. The van der Waals surface area contributed by atoms with Crippen molar-refractivity contribution in [3.8, 4) is 0 Å².